The van der Waals surface area contributed by atoms with Crippen molar-refractivity contribution in [1.82, 2.24) is 10.6 Å². The van der Waals surface area contributed by atoms with Gasteiger partial charge in [-0.15, -0.1) is 0 Å². The number of rotatable bonds is 7. The molecule has 4 aromatic rings. The Morgan fingerprint density at radius 1 is 0.788 bits per heavy atom. The molecule has 0 aliphatic rings. The molecule has 2 N–H and O–H groups in total. The van der Waals surface area contributed by atoms with Gasteiger partial charge in [-0.2, -0.15) is 0 Å². The summed E-state index contributed by atoms with van der Waals surface area (Å²) in [5.74, 6) is -0.347. The zero-order valence-corrected chi connectivity index (χ0v) is 18.2. The van der Waals surface area contributed by atoms with Crippen molar-refractivity contribution in [2.75, 3.05) is 0 Å². The first-order valence-electron chi connectivity index (χ1n) is 10.6. The average molecular weight is 437 g/mol. The van der Waals surface area contributed by atoms with Crippen molar-refractivity contribution in [3.63, 3.8) is 0 Å². The van der Waals surface area contributed by atoms with E-state index in [1.807, 2.05) is 67.6 Å². The molecule has 0 aliphatic heterocycles. The lowest BCUT2D eigenvalue weighted by molar-refractivity contribution is -0.118. The van der Waals surface area contributed by atoms with Crippen molar-refractivity contribution in [2.24, 2.45) is 0 Å². The Morgan fingerprint density at radius 2 is 1.42 bits per heavy atom. The van der Waals surface area contributed by atoms with Crippen LogP contribution in [0.15, 0.2) is 113 Å². The fourth-order valence-corrected chi connectivity index (χ4v) is 3.43. The molecule has 2 amide bonds. The summed E-state index contributed by atoms with van der Waals surface area (Å²) in [6.45, 7) is 2.02. The van der Waals surface area contributed by atoms with Gasteiger partial charge in [0.1, 0.15) is 11.5 Å². The smallest absolute Gasteiger partial charge is 0.268 e. The van der Waals surface area contributed by atoms with Gasteiger partial charge < -0.3 is 15.1 Å². The minimum atomic E-state index is -0.426. The van der Waals surface area contributed by atoms with Crippen molar-refractivity contribution in [1.29, 1.82) is 0 Å². The van der Waals surface area contributed by atoms with Gasteiger partial charge in [-0.3, -0.25) is 9.59 Å². The van der Waals surface area contributed by atoms with E-state index in [9.17, 15) is 9.59 Å². The van der Waals surface area contributed by atoms with E-state index in [0.29, 0.717) is 11.3 Å². The van der Waals surface area contributed by atoms with Crippen LogP contribution in [-0.2, 0) is 4.79 Å². The first-order chi connectivity index (χ1) is 16.1. The molecule has 0 unspecified atom stereocenters. The number of nitrogens with one attached hydrogen (secondary N) is 2. The fraction of sp³-hybridized carbons (Fsp3) is 0.0714. The number of aryl methyl sites for hydroxylation is 1. The summed E-state index contributed by atoms with van der Waals surface area (Å²) in [7, 11) is 0. The van der Waals surface area contributed by atoms with Gasteiger partial charge in [0.05, 0.1) is 12.3 Å². The van der Waals surface area contributed by atoms with E-state index in [-0.39, 0.29) is 11.6 Å². The predicted octanol–water partition coefficient (Wildman–Crippen LogP) is 5.26. The molecule has 5 heteroatoms. The molecule has 3 aromatic carbocycles. The van der Waals surface area contributed by atoms with Crippen LogP contribution in [0, 0.1) is 6.92 Å². The molecular weight excluding hydrogens is 412 g/mol. The third kappa shape index (κ3) is 5.66. The fourth-order valence-electron chi connectivity index (χ4n) is 3.43. The Balaban J connectivity index is 1.65. The highest BCUT2D eigenvalue weighted by molar-refractivity contribution is 6.05. The number of carbonyl (C=O) groups is 2. The molecular formula is C28H24N2O3. The highest BCUT2D eigenvalue weighted by Crippen LogP contribution is 2.23. The normalized spacial score (nSPS) is 12.1. The van der Waals surface area contributed by atoms with Crippen LogP contribution in [0.2, 0.25) is 0 Å². The zero-order chi connectivity index (χ0) is 23.0. The standard InChI is InChI=1S/C28H24N2O3/c1-20-14-16-22(17-15-20)26(21-9-4-2-5-10-21)30-28(32)25(19-24-13-8-18-33-24)29-27(31)23-11-6-3-7-12-23/h2-19,26H,1H3,(H,29,31)(H,30,32)/b25-19-/t26-/m0/s1. The van der Waals surface area contributed by atoms with Gasteiger partial charge in [0.25, 0.3) is 11.8 Å². The number of furan rings is 1. The maximum Gasteiger partial charge on any atom is 0.268 e. The number of benzene rings is 3. The van der Waals surface area contributed by atoms with Gasteiger partial charge in [-0.25, -0.2) is 0 Å². The van der Waals surface area contributed by atoms with Crippen LogP contribution < -0.4 is 10.6 Å². The lowest BCUT2D eigenvalue weighted by Crippen LogP contribution is -2.37. The topological polar surface area (TPSA) is 71.3 Å². The maximum absolute atomic E-state index is 13.4. The molecule has 4 rings (SSSR count). The van der Waals surface area contributed by atoms with Gasteiger partial charge in [-0.05, 0) is 42.3 Å². The second-order valence-corrected chi connectivity index (χ2v) is 7.62. The molecule has 0 aliphatic carbocycles. The molecule has 0 fully saturated rings. The van der Waals surface area contributed by atoms with E-state index in [2.05, 4.69) is 10.6 Å². The second kappa shape index (κ2) is 10.3. The van der Waals surface area contributed by atoms with E-state index in [1.54, 1.807) is 36.4 Å². The maximum atomic E-state index is 13.4. The molecule has 1 aromatic heterocycles. The highest BCUT2D eigenvalue weighted by atomic mass is 16.3. The molecule has 0 spiro atoms. The number of amides is 2. The molecule has 0 saturated heterocycles. The Kier molecular flexibility index (Phi) is 6.81. The van der Waals surface area contributed by atoms with Crippen LogP contribution >= 0.6 is 0 Å². The van der Waals surface area contributed by atoms with E-state index in [0.717, 1.165) is 16.7 Å². The van der Waals surface area contributed by atoms with E-state index in [4.69, 9.17) is 4.42 Å². The summed E-state index contributed by atoms with van der Waals surface area (Å²) in [6, 6.07) is 29.5. The van der Waals surface area contributed by atoms with Crippen LogP contribution in [0.3, 0.4) is 0 Å². The van der Waals surface area contributed by atoms with Crippen molar-refractivity contribution in [2.45, 2.75) is 13.0 Å². The van der Waals surface area contributed by atoms with Crippen LogP contribution in [-0.4, -0.2) is 11.8 Å². The molecule has 1 heterocycles. The molecule has 5 nitrogen and oxygen atoms in total. The minimum absolute atomic E-state index is 0.0897. The van der Waals surface area contributed by atoms with Gasteiger partial charge in [0, 0.05) is 11.6 Å². The van der Waals surface area contributed by atoms with E-state index < -0.39 is 11.9 Å². The SMILES string of the molecule is Cc1ccc([C@@H](NC(=O)/C(=C/c2ccco2)NC(=O)c2ccccc2)c2ccccc2)cc1. The quantitative estimate of drug-likeness (QED) is 0.388. The van der Waals surface area contributed by atoms with Crippen LogP contribution in [0.5, 0.6) is 0 Å². The molecule has 0 saturated carbocycles. The number of hydrogen-bond donors (Lipinski definition) is 2. The number of hydrogen-bond acceptors (Lipinski definition) is 3. The molecule has 164 valence electrons. The van der Waals surface area contributed by atoms with Crippen LogP contribution in [0.4, 0.5) is 0 Å². The van der Waals surface area contributed by atoms with Crippen molar-refractivity contribution < 1.29 is 14.0 Å². The van der Waals surface area contributed by atoms with Crippen LogP contribution in [0.25, 0.3) is 6.08 Å². The third-order valence-corrected chi connectivity index (χ3v) is 5.18. The van der Waals surface area contributed by atoms with E-state index >= 15 is 0 Å². The Morgan fingerprint density at radius 3 is 2.06 bits per heavy atom. The Bertz CT molecular complexity index is 1230. The monoisotopic (exact) mass is 436 g/mol. The first-order valence-corrected chi connectivity index (χ1v) is 10.6. The van der Waals surface area contributed by atoms with Crippen molar-refractivity contribution >= 4 is 17.9 Å². The van der Waals surface area contributed by atoms with Crippen molar-refractivity contribution in [3.8, 4) is 0 Å². The zero-order valence-electron chi connectivity index (χ0n) is 18.2. The minimum Gasteiger partial charge on any atom is -0.465 e. The summed E-state index contributed by atoms with van der Waals surface area (Å²) in [4.78, 5) is 26.2. The van der Waals surface area contributed by atoms with Gasteiger partial charge >= 0.3 is 0 Å². The summed E-state index contributed by atoms with van der Waals surface area (Å²) in [5.41, 5.74) is 3.54. The Labute approximate surface area is 192 Å². The summed E-state index contributed by atoms with van der Waals surface area (Å²) < 4.78 is 5.38. The number of carbonyl (C=O) groups excluding carboxylic acids is 2. The molecule has 1 atom stereocenters. The molecule has 0 radical (unpaired) electrons. The molecule has 0 bridgehead atoms. The van der Waals surface area contributed by atoms with Gasteiger partial charge in [0.15, 0.2) is 0 Å². The largest absolute Gasteiger partial charge is 0.465 e. The Hall–Kier alpha value is -4.38. The lowest BCUT2D eigenvalue weighted by Gasteiger charge is -2.21. The second-order valence-electron chi connectivity index (χ2n) is 7.62. The summed E-state index contributed by atoms with van der Waals surface area (Å²) in [5, 5.41) is 5.81. The van der Waals surface area contributed by atoms with Gasteiger partial charge in [0.2, 0.25) is 0 Å². The first kappa shape index (κ1) is 21.8. The third-order valence-electron chi connectivity index (χ3n) is 5.18. The van der Waals surface area contributed by atoms with E-state index in [1.165, 1.54) is 12.3 Å². The predicted molar refractivity (Wildman–Crippen MR) is 128 cm³/mol. The molecule has 33 heavy (non-hydrogen) atoms. The lowest BCUT2D eigenvalue weighted by atomic mass is 9.97. The average Bonchev–Trinajstić information content (AvgIpc) is 3.37. The van der Waals surface area contributed by atoms with Crippen LogP contribution in [0.1, 0.15) is 38.9 Å². The highest BCUT2D eigenvalue weighted by Gasteiger charge is 2.21. The summed E-state index contributed by atoms with van der Waals surface area (Å²) >= 11 is 0. The van der Waals surface area contributed by atoms with Gasteiger partial charge in [-0.1, -0.05) is 78.4 Å². The van der Waals surface area contributed by atoms with Crippen molar-refractivity contribution in [3.05, 3.63) is 137 Å². The summed E-state index contributed by atoms with van der Waals surface area (Å²) in [6.07, 6.45) is 3.03.